The molecule has 0 saturated carbocycles. The van der Waals surface area contributed by atoms with Gasteiger partial charge in [-0.25, -0.2) is 9.59 Å². The largest absolute Gasteiger partial charge is 0.463 e. The molecule has 1 aliphatic rings. The van der Waals surface area contributed by atoms with Crippen molar-refractivity contribution >= 4 is 23.8 Å². The van der Waals surface area contributed by atoms with Gasteiger partial charge in [-0.15, -0.1) is 11.8 Å². The zero-order valence-electron chi connectivity index (χ0n) is 16.9. The van der Waals surface area contributed by atoms with Gasteiger partial charge in [0.1, 0.15) is 0 Å². The van der Waals surface area contributed by atoms with E-state index in [2.05, 4.69) is 10.6 Å². The van der Waals surface area contributed by atoms with Crippen LogP contribution >= 0.6 is 11.8 Å². The quantitative estimate of drug-likeness (QED) is 0.481. The lowest BCUT2D eigenvalue weighted by molar-refractivity contribution is -0.141. The molecule has 2 aromatic carbocycles. The van der Waals surface area contributed by atoms with Crippen LogP contribution in [0.5, 0.6) is 0 Å². The molecular weight excluding hydrogens is 429 g/mol. The van der Waals surface area contributed by atoms with Gasteiger partial charge in [0, 0.05) is 16.3 Å². The van der Waals surface area contributed by atoms with Crippen LogP contribution in [0.1, 0.15) is 29.7 Å². The van der Waals surface area contributed by atoms with Crippen molar-refractivity contribution in [3.8, 4) is 0 Å². The average Bonchev–Trinajstić information content (AvgIpc) is 2.72. The zero-order valence-corrected chi connectivity index (χ0v) is 17.7. The number of alkyl halides is 3. The van der Waals surface area contributed by atoms with E-state index < -0.39 is 29.8 Å². The number of amides is 2. The number of carbonyl (C=O) groups excluding carboxylic acids is 2. The first kappa shape index (κ1) is 22.7. The van der Waals surface area contributed by atoms with Gasteiger partial charge in [-0.05, 0) is 37.6 Å². The Morgan fingerprint density at radius 3 is 2.45 bits per heavy atom. The standard InChI is InChI=1S/C22H21F3N2O3S/c1-3-30-20(28)18-17(12-31-14-10-8-13(2)9-11-14)26-21(29)27-19(18)15-6-4-5-7-16(15)22(23,24)25/h4-11,19H,3,12H2,1-2H3,(H2,26,27,29). The molecule has 2 N–H and O–H groups in total. The van der Waals surface area contributed by atoms with Crippen LogP contribution in [0.3, 0.4) is 0 Å². The number of aryl methyl sites for hydroxylation is 1. The normalized spacial score (nSPS) is 16.5. The fourth-order valence-corrected chi connectivity index (χ4v) is 4.08. The summed E-state index contributed by atoms with van der Waals surface area (Å²) in [7, 11) is 0. The predicted molar refractivity (Wildman–Crippen MR) is 111 cm³/mol. The summed E-state index contributed by atoms with van der Waals surface area (Å²) in [5.74, 6) is -0.605. The van der Waals surface area contributed by atoms with E-state index in [1.807, 2.05) is 31.2 Å². The molecule has 0 aromatic heterocycles. The molecule has 1 aliphatic heterocycles. The Morgan fingerprint density at radius 2 is 1.81 bits per heavy atom. The fourth-order valence-electron chi connectivity index (χ4n) is 3.21. The highest BCUT2D eigenvalue weighted by Gasteiger charge is 2.40. The molecule has 0 aliphatic carbocycles. The van der Waals surface area contributed by atoms with Crippen molar-refractivity contribution < 1.29 is 27.5 Å². The lowest BCUT2D eigenvalue weighted by Gasteiger charge is -2.30. The van der Waals surface area contributed by atoms with Gasteiger partial charge in [-0.3, -0.25) is 0 Å². The van der Waals surface area contributed by atoms with Crippen LogP contribution in [0.2, 0.25) is 0 Å². The number of halogens is 3. The summed E-state index contributed by atoms with van der Waals surface area (Å²) in [4.78, 5) is 25.9. The van der Waals surface area contributed by atoms with Crippen molar-refractivity contribution in [2.24, 2.45) is 0 Å². The number of nitrogens with one attached hydrogen (secondary N) is 2. The highest BCUT2D eigenvalue weighted by Crippen LogP contribution is 2.38. The first-order valence-corrected chi connectivity index (χ1v) is 10.5. The van der Waals surface area contributed by atoms with E-state index in [9.17, 15) is 22.8 Å². The predicted octanol–water partition coefficient (Wildman–Crippen LogP) is 4.98. The van der Waals surface area contributed by atoms with E-state index in [0.29, 0.717) is 0 Å². The van der Waals surface area contributed by atoms with Crippen LogP contribution in [-0.2, 0) is 15.7 Å². The van der Waals surface area contributed by atoms with Gasteiger partial charge in [-0.1, -0.05) is 35.9 Å². The molecule has 5 nitrogen and oxygen atoms in total. The Morgan fingerprint density at radius 1 is 1.13 bits per heavy atom. The van der Waals surface area contributed by atoms with Gasteiger partial charge < -0.3 is 15.4 Å². The molecule has 3 rings (SSSR count). The molecule has 1 unspecified atom stereocenters. The van der Waals surface area contributed by atoms with Crippen molar-refractivity contribution in [1.82, 2.24) is 10.6 Å². The highest BCUT2D eigenvalue weighted by atomic mass is 32.2. The molecule has 0 radical (unpaired) electrons. The second kappa shape index (κ2) is 9.47. The van der Waals surface area contributed by atoms with Gasteiger partial charge in [-0.2, -0.15) is 13.2 Å². The van der Waals surface area contributed by atoms with E-state index in [1.54, 1.807) is 6.92 Å². The van der Waals surface area contributed by atoms with Gasteiger partial charge in [0.25, 0.3) is 0 Å². The summed E-state index contributed by atoms with van der Waals surface area (Å²) >= 11 is 1.35. The molecule has 9 heteroatoms. The minimum absolute atomic E-state index is 0.0437. The lowest BCUT2D eigenvalue weighted by atomic mass is 9.91. The summed E-state index contributed by atoms with van der Waals surface area (Å²) in [5.41, 5.74) is 0.113. The SMILES string of the molecule is CCOC(=O)C1=C(CSc2ccc(C)cc2)NC(=O)NC1c1ccccc1C(F)(F)F. The molecule has 0 fully saturated rings. The Balaban J connectivity index is 2.05. The van der Waals surface area contributed by atoms with Crippen molar-refractivity contribution in [2.45, 2.75) is 31.0 Å². The monoisotopic (exact) mass is 450 g/mol. The summed E-state index contributed by atoms with van der Waals surface area (Å²) in [6.45, 7) is 3.60. The van der Waals surface area contributed by atoms with Gasteiger partial charge in [0.05, 0.1) is 23.8 Å². The summed E-state index contributed by atoms with van der Waals surface area (Å²) < 4.78 is 45.9. The number of hydrogen-bond donors (Lipinski definition) is 2. The fraction of sp³-hybridized carbons (Fsp3) is 0.273. The Labute approximate surface area is 182 Å². The number of rotatable bonds is 6. The van der Waals surface area contributed by atoms with Crippen LogP contribution in [0, 0.1) is 6.92 Å². The maximum Gasteiger partial charge on any atom is 0.416 e. The molecule has 1 heterocycles. The van der Waals surface area contributed by atoms with Gasteiger partial charge in [0.15, 0.2) is 0 Å². The third kappa shape index (κ3) is 5.41. The molecule has 164 valence electrons. The van der Waals surface area contributed by atoms with Gasteiger partial charge >= 0.3 is 18.2 Å². The van der Waals surface area contributed by atoms with Crippen LogP contribution in [-0.4, -0.2) is 24.4 Å². The van der Waals surface area contributed by atoms with Crippen molar-refractivity contribution in [3.05, 3.63) is 76.5 Å². The number of esters is 1. The topological polar surface area (TPSA) is 67.4 Å². The van der Waals surface area contributed by atoms with E-state index in [-0.39, 0.29) is 29.2 Å². The van der Waals surface area contributed by atoms with Crippen LogP contribution in [0.15, 0.2) is 64.7 Å². The van der Waals surface area contributed by atoms with Crippen LogP contribution < -0.4 is 10.6 Å². The summed E-state index contributed by atoms with van der Waals surface area (Å²) in [5, 5.41) is 5.02. The molecule has 1 atom stereocenters. The van der Waals surface area contributed by atoms with E-state index in [0.717, 1.165) is 16.5 Å². The maximum atomic E-state index is 13.6. The summed E-state index contributed by atoms with van der Waals surface area (Å²) in [6, 6.07) is 10.5. The average molecular weight is 450 g/mol. The Kier molecular flexibility index (Phi) is 6.94. The van der Waals surface area contributed by atoms with Crippen molar-refractivity contribution in [3.63, 3.8) is 0 Å². The number of carbonyl (C=O) groups is 2. The number of thioether (sulfide) groups is 1. The second-order valence-electron chi connectivity index (χ2n) is 6.83. The van der Waals surface area contributed by atoms with Gasteiger partial charge in [0.2, 0.25) is 0 Å². The summed E-state index contributed by atoms with van der Waals surface area (Å²) in [6.07, 6.45) is -4.65. The maximum absolute atomic E-state index is 13.6. The Bertz CT molecular complexity index is 1000. The van der Waals surface area contributed by atoms with Crippen molar-refractivity contribution in [2.75, 3.05) is 12.4 Å². The minimum Gasteiger partial charge on any atom is -0.463 e. The smallest absolute Gasteiger partial charge is 0.416 e. The van der Waals surface area contributed by atoms with E-state index >= 15 is 0 Å². The zero-order chi connectivity index (χ0) is 22.6. The van der Waals surface area contributed by atoms with E-state index in [4.69, 9.17) is 4.74 Å². The number of hydrogen-bond acceptors (Lipinski definition) is 4. The number of urea groups is 1. The molecule has 31 heavy (non-hydrogen) atoms. The first-order valence-electron chi connectivity index (χ1n) is 9.54. The molecule has 0 saturated heterocycles. The molecular formula is C22H21F3N2O3S. The third-order valence-corrected chi connectivity index (χ3v) is 5.67. The second-order valence-corrected chi connectivity index (χ2v) is 7.88. The first-order chi connectivity index (χ1) is 14.7. The third-order valence-electron chi connectivity index (χ3n) is 4.63. The molecule has 2 amide bonds. The lowest BCUT2D eigenvalue weighted by Crippen LogP contribution is -2.47. The van der Waals surface area contributed by atoms with Crippen LogP contribution in [0.4, 0.5) is 18.0 Å². The molecule has 0 bridgehead atoms. The van der Waals surface area contributed by atoms with Crippen LogP contribution in [0.25, 0.3) is 0 Å². The van der Waals surface area contributed by atoms with E-state index in [1.165, 1.54) is 30.0 Å². The number of benzene rings is 2. The minimum atomic E-state index is -4.65. The number of ether oxygens (including phenoxy) is 1. The molecule has 2 aromatic rings. The van der Waals surface area contributed by atoms with Crippen molar-refractivity contribution in [1.29, 1.82) is 0 Å². The Hall–Kier alpha value is -2.94. The molecule has 0 spiro atoms. The highest BCUT2D eigenvalue weighted by molar-refractivity contribution is 7.99.